The summed E-state index contributed by atoms with van der Waals surface area (Å²) in [6, 6.07) is 5.82. The highest BCUT2D eigenvalue weighted by Gasteiger charge is 2.10. The summed E-state index contributed by atoms with van der Waals surface area (Å²) in [6.07, 6.45) is 0.863. The van der Waals surface area contributed by atoms with Crippen LogP contribution >= 0.6 is 12.4 Å². The lowest BCUT2D eigenvalue weighted by molar-refractivity contribution is -0.117. The monoisotopic (exact) mass is 314 g/mol. The molecule has 0 aliphatic carbocycles. The first-order valence-electron chi connectivity index (χ1n) is 7.42. The average molecular weight is 315 g/mol. The molecule has 1 rings (SSSR count). The molecule has 0 aromatic heterocycles. The van der Waals surface area contributed by atoms with E-state index in [2.05, 4.69) is 31.0 Å². The molecular weight excluding hydrogens is 288 g/mol. The first-order chi connectivity index (χ1) is 9.64. The van der Waals surface area contributed by atoms with Crippen LogP contribution in [-0.4, -0.2) is 37.0 Å². The zero-order chi connectivity index (χ0) is 15.0. The highest BCUT2D eigenvalue weighted by atomic mass is 35.5. The lowest BCUT2D eigenvalue weighted by atomic mass is 10.1. The summed E-state index contributed by atoms with van der Waals surface area (Å²) in [6.45, 7) is 11.0. The van der Waals surface area contributed by atoms with E-state index in [1.165, 1.54) is 0 Å². The van der Waals surface area contributed by atoms with Crippen molar-refractivity contribution in [1.29, 1.82) is 0 Å². The number of carbonyl (C=O) groups excluding carboxylic acids is 1. The molecule has 0 atom stereocenters. The largest absolute Gasteiger partial charge is 0.494 e. The summed E-state index contributed by atoms with van der Waals surface area (Å²) in [4.78, 5) is 14.1. The summed E-state index contributed by atoms with van der Waals surface area (Å²) in [7, 11) is 0. The summed E-state index contributed by atoms with van der Waals surface area (Å²) in [5.74, 6) is 0.888. The van der Waals surface area contributed by atoms with Crippen molar-refractivity contribution in [2.24, 2.45) is 0 Å². The van der Waals surface area contributed by atoms with Gasteiger partial charge in [-0.15, -0.1) is 12.4 Å². The molecule has 0 fully saturated rings. The summed E-state index contributed by atoms with van der Waals surface area (Å²) >= 11 is 0. The third kappa shape index (κ3) is 6.36. The van der Waals surface area contributed by atoms with Crippen molar-refractivity contribution >= 4 is 24.0 Å². The third-order valence-corrected chi connectivity index (χ3v) is 3.30. The Bertz CT molecular complexity index is 434. The van der Waals surface area contributed by atoms with Crippen molar-refractivity contribution in [2.75, 3.05) is 31.6 Å². The van der Waals surface area contributed by atoms with Gasteiger partial charge in [-0.25, -0.2) is 0 Å². The third-order valence-electron chi connectivity index (χ3n) is 3.30. The molecule has 0 bridgehead atoms. The number of nitrogens with one attached hydrogen (secondary N) is 1. The molecule has 0 spiro atoms. The van der Waals surface area contributed by atoms with Gasteiger partial charge in [0.2, 0.25) is 5.91 Å². The Morgan fingerprint density at radius 2 is 1.86 bits per heavy atom. The van der Waals surface area contributed by atoms with Gasteiger partial charge in [-0.05, 0) is 50.2 Å². The lowest BCUT2D eigenvalue weighted by Gasteiger charge is -2.18. The molecule has 0 saturated heterocycles. The standard InChI is InChI=1S/C16H26N2O2.ClH/c1-5-13-11-14(20-8-4)9-10-15(13)17-16(19)12-18(6-2)7-3;/h9-11H,5-8,12H2,1-4H3,(H,17,19);1H. The molecular formula is C16H27ClN2O2. The van der Waals surface area contributed by atoms with Crippen LogP contribution in [0.15, 0.2) is 18.2 Å². The Labute approximate surface area is 134 Å². The van der Waals surface area contributed by atoms with Gasteiger partial charge in [0.15, 0.2) is 0 Å². The van der Waals surface area contributed by atoms with Crippen LogP contribution in [0.4, 0.5) is 5.69 Å². The van der Waals surface area contributed by atoms with E-state index in [4.69, 9.17) is 4.74 Å². The van der Waals surface area contributed by atoms with E-state index in [0.717, 1.165) is 36.5 Å². The minimum atomic E-state index is 0. The molecule has 4 nitrogen and oxygen atoms in total. The van der Waals surface area contributed by atoms with Crippen LogP contribution in [0.25, 0.3) is 0 Å². The molecule has 1 aromatic carbocycles. The molecule has 1 aromatic rings. The number of anilines is 1. The van der Waals surface area contributed by atoms with Crippen LogP contribution in [0.5, 0.6) is 5.75 Å². The number of carbonyl (C=O) groups is 1. The Hall–Kier alpha value is -1.26. The van der Waals surface area contributed by atoms with Gasteiger partial charge in [-0.2, -0.15) is 0 Å². The van der Waals surface area contributed by atoms with Gasteiger partial charge in [0, 0.05) is 5.69 Å². The molecule has 0 saturated carbocycles. The fraction of sp³-hybridized carbons (Fsp3) is 0.562. The van der Waals surface area contributed by atoms with Crippen molar-refractivity contribution in [3.63, 3.8) is 0 Å². The van der Waals surface area contributed by atoms with Gasteiger partial charge in [-0.3, -0.25) is 9.69 Å². The molecule has 0 heterocycles. The van der Waals surface area contributed by atoms with Crippen LogP contribution in [0.3, 0.4) is 0 Å². The molecule has 120 valence electrons. The van der Waals surface area contributed by atoms with Crippen LogP contribution in [0.2, 0.25) is 0 Å². The van der Waals surface area contributed by atoms with Gasteiger partial charge in [0.25, 0.3) is 0 Å². The van der Waals surface area contributed by atoms with E-state index in [0.29, 0.717) is 13.2 Å². The smallest absolute Gasteiger partial charge is 0.238 e. The number of ether oxygens (including phenoxy) is 1. The van der Waals surface area contributed by atoms with Crippen LogP contribution < -0.4 is 10.1 Å². The summed E-state index contributed by atoms with van der Waals surface area (Å²) < 4.78 is 5.49. The SMILES string of the molecule is CCOc1ccc(NC(=O)CN(CC)CC)c(CC)c1.Cl. The maximum atomic E-state index is 12.0. The van der Waals surface area contributed by atoms with E-state index < -0.39 is 0 Å². The van der Waals surface area contributed by atoms with Crippen molar-refractivity contribution in [2.45, 2.75) is 34.1 Å². The van der Waals surface area contributed by atoms with Crippen LogP contribution in [-0.2, 0) is 11.2 Å². The predicted molar refractivity (Wildman–Crippen MR) is 90.7 cm³/mol. The van der Waals surface area contributed by atoms with Gasteiger partial charge in [0.05, 0.1) is 13.2 Å². The summed E-state index contributed by atoms with van der Waals surface area (Å²) in [5.41, 5.74) is 1.98. The molecule has 0 aliphatic rings. The predicted octanol–water partition coefficient (Wildman–Crippen LogP) is 3.35. The number of hydrogen-bond acceptors (Lipinski definition) is 3. The normalized spacial score (nSPS) is 10.1. The average Bonchev–Trinajstić information content (AvgIpc) is 2.46. The van der Waals surface area contributed by atoms with Crippen molar-refractivity contribution in [1.82, 2.24) is 4.90 Å². The number of amides is 1. The second kappa shape index (κ2) is 10.5. The van der Waals surface area contributed by atoms with E-state index in [9.17, 15) is 4.79 Å². The highest BCUT2D eigenvalue weighted by Crippen LogP contribution is 2.22. The fourth-order valence-corrected chi connectivity index (χ4v) is 2.08. The topological polar surface area (TPSA) is 41.6 Å². The van der Waals surface area contributed by atoms with Gasteiger partial charge in [-0.1, -0.05) is 20.8 Å². The maximum absolute atomic E-state index is 12.0. The molecule has 21 heavy (non-hydrogen) atoms. The number of likely N-dealkylation sites (N-methyl/N-ethyl adjacent to an activating group) is 1. The van der Waals surface area contributed by atoms with Gasteiger partial charge >= 0.3 is 0 Å². The number of hydrogen-bond donors (Lipinski definition) is 1. The van der Waals surface area contributed by atoms with E-state index in [1.54, 1.807) is 0 Å². The Kier molecular flexibility index (Phi) is 9.84. The Balaban J connectivity index is 0.00000400. The Morgan fingerprint density at radius 1 is 1.19 bits per heavy atom. The van der Waals surface area contributed by atoms with E-state index >= 15 is 0 Å². The fourth-order valence-electron chi connectivity index (χ4n) is 2.08. The molecule has 0 radical (unpaired) electrons. The minimum absolute atomic E-state index is 0. The molecule has 5 heteroatoms. The Morgan fingerprint density at radius 3 is 2.38 bits per heavy atom. The number of nitrogens with zero attached hydrogens (tertiary/aromatic N) is 1. The second-order valence-corrected chi connectivity index (χ2v) is 4.62. The lowest BCUT2D eigenvalue weighted by Crippen LogP contribution is -2.33. The maximum Gasteiger partial charge on any atom is 0.238 e. The molecule has 0 unspecified atom stereocenters. The van der Waals surface area contributed by atoms with E-state index in [-0.39, 0.29) is 18.3 Å². The number of aryl methyl sites for hydroxylation is 1. The van der Waals surface area contributed by atoms with Gasteiger partial charge in [0.1, 0.15) is 5.75 Å². The minimum Gasteiger partial charge on any atom is -0.494 e. The summed E-state index contributed by atoms with van der Waals surface area (Å²) in [5, 5.41) is 2.99. The molecule has 1 amide bonds. The first-order valence-corrected chi connectivity index (χ1v) is 7.42. The van der Waals surface area contributed by atoms with E-state index in [1.807, 2.05) is 25.1 Å². The second-order valence-electron chi connectivity index (χ2n) is 4.62. The highest BCUT2D eigenvalue weighted by molar-refractivity contribution is 5.93. The number of benzene rings is 1. The number of rotatable bonds is 8. The number of halogens is 1. The quantitative estimate of drug-likeness (QED) is 0.800. The molecule has 0 aliphatic heterocycles. The first kappa shape index (κ1) is 19.7. The van der Waals surface area contributed by atoms with Crippen molar-refractivity contribution in [3.05, 3.63) is 23.8 Å². The zero-order valence-corrected chi connectivity index (χ0v) is 14.3. The van der Waals surface area contributed by atoms with Crippen LogP contribution in [0, 0.1) is 0 Å². The zero-order valence-electron chi connectivity index (χ0n) is 13.4. The van der Waals surface area contributed by atoms with Crippen LogP contribution in [0.1, 0.15) is 33.3 Å². The molecule has 1 N–H and O–H groups in total. The van der Waals surface area contributed by atoms with Crippen molar-refractivity contribution in [3.8, 4) is 5.75 Å². The van der Waals surface area contributed by atoms with Gasteiger partial charge < -0.3 is 10.1 Å². The van der Waals surface area contributed by atoms with Crippen molar-refractivity contribution < 1.29 is 9.53 Å².